The van der Waals surface area contributed by atoms with Gasteiger partial charge in [0.1, 0.15) is 6.07 Å². The number of hydrogen-bond donors (Lipinski definition) is 0. The quantitative estimate of drug-likeness (QED) is 0.780. The molecule has 0 amide bonds. The highest BCUT2D eigenvalue weighted by Crippen LogP contribution is 2.30. The van der Waals surface area contributed by atoms with E-state index in [0.29, 0.717) is 11.1 Å². The van der Waals surface area contributed by atoms with Crippen molar-refractivity contribution in [3.05, 3.63) is 47.8 Å². The van der Waals surface area contributed by atoms with Crippen molar-refractivity contribution in [3.63, 3.8) is 0 Å². The summed E-state index contributed by atoms with van der Waals surface area (Å²) in [5.41, 5.74) is 0.505. The van der Waals surface area contributed by atoms with Gasteiger partial charge < -0.3 is 0 Å². The first kappa shape index (κ1) is 12.0. The molecule has 0 N–H and O–H groups in total. The smallest absolute Gasteiger partial charge is 0.191 e. The molecule has 0 radical (unpaired) electrons. The summed E-state index contributed by atoms with van der Waals surface area (Å²) in [5.74, 6) is 0. The van der Waals surface area contributed by atoms with E-state index >= 15 is 0 Å². The molecule has 90 valence electrons. The van der Waals surface area contributed by atoms with Gasteiger partial charge in [-0.15, -0.1) is 5.10 Å². The van der Waals surface area contributed by atoms with Crippen molar-refractivity contribution >= 4 is 0 Å². The monoisotopic (exact) mass is 249 g/mol. The van der Waals surface area contributed by atoms with E-state index in [2.05, 4.69) is 10.2 Å². The predicted octanol–water partition coefficient (Wildman–Crippen LogP) is 3.03. The molecule has 3 nitrogen and oxygen atoms in total. The highest BCUT2D eigenvalue weighted by molar-refractivity contribution is 5.63. The Bertz CT molecular complexity index is 597. The summed E-state index contributed by atoms with van der Waals surface area (Å²) in [4.78, 5) is 0. The van der Waals surface area contributed by atoms with Crippen molar-refractivity contribution in [2.45, 2.75) is 6.18 Å². The maximum atomic E-state index is 12.4. The minimum atomic E-state index is -4.35. The van der Waals surface area contributed by atoms with Crippen LogP contribution in [0.5, 0.6) is 0 Å². The van der Waals surface area contributed by atoms with Crippen molar-refractivity contribution in [1.82, 2.24) is 10.2 Å². The fourth-order valence-electron chi connectivity index (χ4n) is 1.43. The number of hydrogen-bond acceptors (Lipinski definition) is 3. The fraction of sp³-hybridized carbons (Fsp3) is 0.0833. The highest BCUT2D eigenvalue weighted by Gasteiger charge is 2.29. The largest absolute Gasteiger partial charge is 0.416 e. The molecule has 2 rings (SSSR count). The first-order valence-corrected chi connectivity index (χ1v) is 4.91. The molecule has 0 aliphatic rings. The van der Waals surface area contributed by atoms with Crippen LogP contribution in [0.4, 0.5) is 13.2 Å². The number of halogens is 3. The summed E-state index contributed by atoms with van der Waals surface area (Å²) in [7, 11) is 0. The lowest BCUT2D eigenvalue weighted by molar-refractivity contribution is -0.137. The molecular weight excluding hydrogens is 243 g/mol. The van der Waals surface area contributed by atoms with Crippen LogP contribution >= 0.6 is 0 Å². The minimum Gasteiger partial charge on any atom is -0.191 e. The molecule has 1 aromatic heterocycles. The van der Waals surface area contributed by atoms with Crippen LogP contribution in [0.3, 0.4) is 0 Å². The average molecular weight is 249 g/mol. The van der Waals surface area contributed by atoms with Gasteiger partial charge >= 0.3 is 6.18 Å². The summed E-state index contributed by atoms with van der Waals surface area (Å²) in [6.45, 7) is 0. The Hall–Kier alpha value is -2.42. The van der Waals surface area contributed by atoms with E-state index in [0.717, 1.165) is 12.1 Å². The molecular formula is C12H6F3N3. The van der Waals surface area contributed by atoms with Crippen LogP contribution in [0, 0.1) is 11.3 Å². The third-order valence-corrected chi connectivity index (χ3v) is 2.31. The normalized spacial score (nSPS) is 11.0. The minimum absolute atomic E-state index is 0.118. The Morgan fingerprint density at radius 1 is 1.06 bits per heavy atom. The predicted molar refractivity (Wildman–Crippen MR) is 57.2 cm³/mol. The SMILES string of the molecule is N#Cc1cc(-c2ccc(C(F)(F)F)cc2)cnn1. The van der Waals surface area contributed by atoms with Gasteiger partial charge in [0.2, 0.25) is 0 Å². The molecule has 1 aromatic carbocycles. The maximum Gasteiger partial charge on any atom is 0.416 e. The van der Waals surface area contributed by atoms with Gasteiger partial charge in [-0.1, -0.05) is 12.1 Å². The molecule has 0 bridgehead atoms. The Morgan fingerprint density at radius 2 is 1.72 bits per heavy atom. The van der Waals surface area contributed by atoms with Crippen LogP contribution in [-0.4, -0.2) is 10.2 Å². The second-order valence-electron chi connectivity index (χ2n) is 3.52. The van der Waals surface area contributed by atoms with Gasteiger partial charge in [0.15, 0.2) is 5.69 Å². The lowest BCUT2D eigenvalue weighted by Crippen LogP contribution is -2.04. The van der Waals surface area contributed by atoms with E-state index < -0.39 is 11.7 Å². The molecule has 0 aliphatic carbocycles. The van der Waals surface area contributed by atoms with Crippen molar-refractivity contribution in [3.8, 4) is 17.2 Å². The number of rotatable bonds is 1. The summed E-state index contributed by atoms with van der Waals surface area (Å²) < 4.78 is 37.1. The van der Waals surface area contributed by atoms with E-state index in [4.69, 9.17) is 5.26 Å². The van der Waals surface area contributed by atoms with Gasteiger partial charge in [-0.3, -0.25) is 0 Å². The molecule has 0 saturated carbocycles. The molecule has 0 unspecified atom stereocenters. The van der Waals surface area contributed by atoms with E-state index in [9.17, 15) is 13.2 Å². The van der Waals surface area contributed by atoms with Crippen LogP contribution in [0.25, 0.3) is 11.1 Å². The second-order valence-corrected chi connectivity index (χ2v) is 3.52. The van der Waals surface area contributed by atoms with E-state index in [-0.39, 0.29) is 5.69 Å². The molecule has 0 saturated heterocycles. The third kappa shape index (κ3) is 2.46. The Labute approximate surface area is 101 Å². The third-order valence-electron chi connectivity index (χ3n) is 2.31. The van der Waals surface area contributed by atoms with Crippen LogP contribution in [0.2, 0.25) is 0 Å². The van der Waals surface area contributed by atoms with Crippen molar-refractivity contribution in [1.29, 1.82) is 5.26 Å². The van der Waals surface area contributed by atoms with Crippen LogP contribution in [-0.2, 0) is 6.18 Å². The first-order chi connectivity index (χ1) is 8.50. The lowest BCUT2D eigenvalue weighted by atomic mass is 10.1. The number of alkyl halides is 3. The molecule has 1 heterocycles. The van der Waals surface area contributed by atoms with E-state index in [1.165, 1.54) is 24.4 Å². The fourth-order valence-corrected chi connectivity index (χ4v) is 1.43. The lowest BCUT2D eigenvalue weighted by Gasteiger charge is -2.07. The maximum absolute atomic E-state index is 12.4. The molecule has 2 aromatic rings. The number of nitriles is 1. The second kappa shape index (κ2) is 4.45. The zero-order valence-electron chi connectivity index (χ0n) is 8.94. The summed E-state index contributed by atoms with van der Waals surface area (Å²) in [6.07, 6.45) is -2.96. The molecule has 0 aliphatic heterocycles. The van der Waals surface area contributed by atoms with Gasteiger partial charge in [0.05, 0.1) is 11.8 Å². The number of aromatic nitrogens is 2. The van der Waals surface area contributed by atoms with Gasteiger partial charge in [-0.05, 0) is 23.8 Å². The standard InChI is InChI=1S/C12H6F3N3/c13-12(14,15)10-3-1-8(2-4-10)9-5-11(6-16)18-17-7-9/h1-5,7H. The number of nitrogens with zero attached hydrogens (tertiary/aromatic N) is 3. The highest BCUT2D eigenvalue weighted by atomic mass is 19.4. The number of benzene rings is 1. The van der Waals surface area contributed by atoms with E-state index in [1.54, 1.807) is 0 Å². The average Bonchev–Trinajstić information content (AvgIpc) is 2.38. The summed E-state index contributed by atoms with van der Waals surface area (Å²) >= 11 is 0. The zero-order valence-corrected chi connectivity index (χ0v) is 8.94. The van der Waals surface area contributed by atoms with Gasteiger partial charge in [0.25, 0.3) is 0 Å². The molecule has 18 heavy (non-hydrogen) atoms. The Balaban J connectivity index is 2.38. The van der Waals surface area contributed by atoms with Crippen LogP contribution < -0.4 is 0 Å². The van der Waals surface area contributed by atoms with Crippen LogP contribution in [0.1, 0.15) is 11.3 Å². The molecule has 6 heteroatoms. The molecule has 0 fully saturated rings. The van der Waals surface area contributed by atoms with Crippen LogP contribution in [0.15, 0.2) is 36.5 Å². The summed E-state index contributed by atoms with van der Waals surface area (Å²) in [5, 5.41) is 15.8. The van der Waals surface area contributed by atoms with Crippen molar-refractivity contribution in [2.24, 2.45) is 0 Å². The van der Waals surface area contributed by atoms with Gasteiger partial charge in [-0.2, -0.15) is 23.5 Å². The first-order valence-electron chi connectivity index (χ1n) is 4.91. The molecule has 0 atom stereocenters. The van der Waals surface area contributed by atoms with Crippen molar-refractivity contribution < 1.29 is 13.2 Å². The summed E-state index contributed by atoms with van der Waals surface area (Å²) in [6, 6.07) is 7.93. The Morgan fingerprint density at radius 3 is 2.28 bits per heavy atom. The Kier molecular flexibility index (Phi) is 2.98. The van der Waals surface area contributed by atoms with Crippen molar-refractivity contribution in [2.75, 3.05) is 0 Å². The zero-order chi connectivity index (χ0) is 13.2. The van der Waals surface area contributed by atoms with E-state index in [1.807, 2.05) is 6.07 Å². The molecule has 0 spiro atoms. The van der Waals surface area contributed by atoms with Gasteiger partial charge in [-0.25, -0.2) is 0 Å². The topological polar surface area (TPSA) is 49.6 Å². The van der Waals surface area contributed by atoms with Gasteiger partial charge in [0, 0.05) is 5.56 Å².